The normalized spacial score (nSPS) is 15.7. The number of ether oxygens (including phenoxy) is 1. The van der Waals surface area contributed by atoms with Gasteiger partial charge in [0.15, 0.2) is 4.80 Å². The molecule has 0 saturated carbocycles. The summed E-state index contributed by atoms with van der Waals surface area (Å²) in [6.45, 7) is 3.46. The number of phenolic OH excluding ortho intramolecular Hbond substituents is 1. The van der Waals surface area contributed by atoms with Crippen LogP contribution in [0.3, 0.4) is 0 Å². The zero-order valence-corrected chi connectivity index (χ0v) is 18.5. The Balaban J connectivity index is 1.94. The number of nitro benzene ring substituents is 1. The molecule has 0 amide bonds. The standard InChI is InChI=1S/C23H19N3O6S/c1-3-32-22(29)19-13(2)25-21(28)18(12-15-6-4-5-7-17(15)27)33-23(25)24-20(19)14-8-10-16(11-9-14)26(30)31/h4-12,20,27H,3H2,1-2H3/b18-12-/t20-/m1/s1. The molecular formula is C23H19N3O6S. The monoisotopic (exact) mass is 465 g/mol. The molecule has 1 atom stereocenters. The molecule has 0 fully saturated rings. The van der Waals surface area contributed by atoms with Gasteiger partial charge in [-0.25, -0.2) is 9.79 Å². The Kier molecular flexibility index (Phi) is 5.93. The van der Waals surface area contributed by atoms with Crippen molar-refractivity contribution in [2.45, 2.75) is 19.9 Å². The molecule has 0 radical (unpaired) electrons. The molecule has 1 aliphatic rings. The summed E-state index contributed by atoms with van der Waals surface area (Å²) in [4.78, 5) is 41.5. The molecule has 0 aliphatic carbocycles. The summed E-state index contributed by atoms with van der Waals surface area (Å²) in [5.41, 5.74) is 1.14. The summed E-state index contributed by atoms with van der Waals surface area (Å²) < 4.78 is 6.91. The van der Waals surface area contributed by atoms with Crippen molar-refractivity contribution in [1.82, 2.24) is 4.57 Å². The lowest BCUT2D eigenvalue weighted by atomic mass is 9.96. The number of hydrogen-bond donors (Lipinski definition) is 1. The van der Waals surface area contributed by atoms with E-state index in [1.54, 1.807) is 38.1 Å². The maximum Gasteiger partial charge on any atom is 0.338 e. The predicted octanol–water partition coefficient (Wildman–Crippen LogP) is 2.52. The van der Waals surface area contributed by atoms with Gasteiger partial charge in [0.1, 0.15) is 11.8 Å². The number of phenols is 1. The van der Waals surface area contributed by atoms with Crippen molar-refractivity contribution in [3.8, 4) is 5.75 Å². The molecule has 168 valence electrons. The number of carbonyl (C=O) groups excluding carboxylic acids is 1. The molecule has 2 heterocycles. The molecule has 4 rings (SSSR count). The fraction of sp³-hybridized carbons (Fsp3) is 0.174. The minimum atomic E-state index is -0.791. The highest BCUT2D eigenvalue weighted by molar-refractivity contribution is 7.07. The van der Waals surface area contributed by atoms with E-state index in [4.69, 9.17) is 4.74 Å². The lowest BCUT2D eigenvalue weighted by Gasteiger charge is -2.22. The Morgan fingerprint density at radius 2 is 1.97 bits per heavy atom. The third-order valence-corrected chi connectivity index (χ3v) is 6.17. The van der Waals surface area contributed by atoms with Crippen LogP contribution in [0.1, 0.15) is 31.0 Å². The van der Waals surface area contributed by atoms with E-state index in [1.807, 2.05) is 0 Å². The zero-order chi connectivity index (χ0) is 23.7. The van der Waals surface area contributed by atoms with Gasteiger partial charge in [-0.3, -0.25) is 19.5 Å². The second-order valence-corrected chi connectivity index (χ2v) is 8.20. The number of aromatic hydroxyl groups is 1. The van der Waals surface area contributed by atoms with Crippen LogP contribution in [0.2, 0.25) is 0 Å². The molecule has 1 aromatic heterocycles. The number of fused-ring (bicyclic) bond motifs is 1. The number of rotatable bonds is 5. The first-order chi connectivity index (χ1) is 15.8. The van der Waals surface area contributed by atoms with Gasteiger partial charge in [0.25, 0.3) is 11.2 Å². The first-order valence-corrected chi connectivity index (χ1v) is 10.9. The van der Waals surface area contributed by atoms with E-state index in [1.165, 1.54) is 34.9 Å². The van der Waals surface area contributed by atoms with Gasteiger partial charge >= 0.3 is 5.97 Å². The molecule has 1 aliphatic heterocycles. The third-order valence-electron chi connectivity index (χ3n) is 5.18. The highest BCUT2D eigenvalue weighted by Crippen LogP contribution is 2.33. The molecular weight excluding hydrogens is 446 g/mol. The van der Waals surface area contributed by atoms with E-state index in [2.05, 4.69) is 4.99 Å². The first-order valence-electron chi connectivity index (χ1n) is 10.0. The summed E-state index contributed by atoms with van der Waals surface area (Å²) in [6.07, 6.45) is 1.57. The van der Waals surface area contributed by atoms with Gasteiger partial charge in [-0.2, -0.15) is 0 Å². The van der Waals surface area contributed by atoms with Crippen molar-refractivity contribution in [3.05, 3.63) is 95.0 Å². The average Bonchev–Trinajstić information content (AvgIpc) is 3.10. The molecule has 0 unspecified atom stereocenters. The fourth-order valence-corrected chi connectivity index (χ4v) is 4.62. The SMILES string of the molecule is CCOC(=O)C1=C(C)n2c(s/c(=C\c3ccccc3O)c2=O)=N[C@@H]1c1ccc([N+](=O)[O-])cc1. The lowest BCUT2D eigenvalue weighted by molar-refractivity contribution is -0.384. The van der Waals surface area contributed by atoms with Crippen LogP contribution in [0, 0.1) is 10.1 Å². The molecule has 0 saturated heterocycles. The summed E-state index contributed by atoms with van der Waals surface area (Å²) in [5, 5.41) is 21.1. The number of thiazole rings is 1. The van der Waals surface area contributed by atoms with E-state index in [0.29, 0.717) is 26.2 Å². The average molecular weight is 465 g/mol. The third kappa shape index (κ3) is 4.08. The van der Waals surface area contributed by atoms with E-state index in [0.717, 1.165) is 11.3 Å². The highest BCUT2D eigenvalue weighted by Gasteiger charge is 2.31. The van der Waals surface area contributed by atoms with Gasteiger partial charge in [0.05, 0.1) is 21.6 Å². The topological polar surface area (TPSA) is 124 Å². The summed E-state index contributed by atoms with van der Waals surface area (Å²) in [5.74, 6) is -0.578. The van der Waals surface area contributed by atoms with Gasteiger partial charge in [0.2, 0.25) is 0 Å². The van der Waals surface area contributed by atoms with Crippen LogP contribution in [-0.4, -0.2) is 27.2 Å². The molecule has 0 spiro atoms. The highest BCUT2D eigenvalue weighted by atomic mass is 32.1. The van der Waals surface area contributed by atoms with Crippen LogP contribution in [0.15, 0.2) is 63.9 Å². The van der Waals surface area contributed by atoms with Gasteiger partial charge in [-0.15, -0.1) is 0 Å². The second-order valence-electron chi connectivity index (χ2n) is 7.19. The lowest BCUT2D eigenvalue weighted by Crippen LogP contribution is -2.35. The Morgan fingerprint density at radius 1 is 1.27 bits per heavy atom. The number of aromatic nitrogens is 1. The molecule has 9 nitrogen and oxygen atoms in total. The number of esters is 1. The Bertz CT molecular complexity index is 1470. The van der Waals surface area contributed by atoms with E-state index in [-0.39, 0.29) is 29.2 Å². The van der Waals surface area contributed by atoms with E-state index in [9.17, 15) is 24.8 Å². The molecule has 33 heavy (non-hydrogen) atoms. The summed E-state index contributed by atoms with van der Waals surface area (Å²) >= 11 is 1.13. The maximum absolute atomic E-state index is 13.2. The molecule has 2 aromatic carbocycles. The van der Waals surface area contributed by atoms with Crippen LogP contribution in [-0.2, 0) is 9.53 Å². The molecule has 10 heteroatoms. The number of hydrogen-bond acceptors (Lipinski definition) is 8. The number of nitro groups is 1. The number of benzene rings is 2. The largest absolute Gasteiger partial charge is 0.507 e. The van der Waals surface area contributed by atoms with Gasteiger partial charge in [-0.05, 0) is 43.7 Å². The fourth-order valence-electron chi connectivity index (χ4n) is 3.59. The summed E-state index contributed by atoms with van der Waals surface area (Å²) in [7, 11) is 0. The van der Waals surface area contributed by atoms with Gasteiger partial charge in [-0.1, -0.05) is 29.5 Å². The van der Waals surface area contributed by atoms with Crippen molar-refractivity contribution < 1.29 is 19.6 Å². The van der Waals surface area contributed by atoms with E-state index < -0.39 is 16.9 Å². The quantitative estimate of drug-likeness (QED) is 0.351. The van der Waals surface area contributed by atoms with Crippen LogP contribution in [0.5, 0.6) is 5.75 Å². The Morgan fingerprint density at radius 3 is 2.61 bits per heavy atom. The van der Waals surface area contributed by atoms with Crippen LogP contribution >= 0.6 is 11.3 Å². The minimum absolute atomic E-state index is 0.0356. The Hall–Kier alpha value is -4.05. The van der Waals surface area contributed by atoms with Crippen molar-refractivity contribution in [2.24, 2.45) is 4.99 Å². The van der Waals surface area contributed by atoms with Gasteiger partial charge in [0, 0.05) is 23.4 Å². The Labute approximate surface area is 191 Å². The molecule has 3 aromatic rings. The number of non-ortho nitro benzene ring substituents is 1. The minimum Gasteiger partial charge on any atom is -0.507 e. The van der Waals surface area contributed by atoms with Crippen molar-refractivity contribution in [1.29, 1.82) is 0 Å². The summed E-state index contributed by atoms with van der Waals surface area (Å²) in [6, 6.07) is 11.6. The van der Waals surface area contributed by atoms with Gasteiger partial charge < -0.3 is 9.84 Å². The second kappa shape index (κ2) is 8.83. The predicted molar refractivity (Wildman–Crippen MR) is 122 cm³/mol. The van der Waals surface area contributed by atoms with Crippen molar-refractivity contribution in [2.75, 3.05) is 6.61 Å². The zero-order valence-electron chi connectivity index (χ0n) is 17.7. The van der Waals surface area contributed by atoms with Crippen molar-refractivity contribution >= 4 is 34.8 Å². The van der Waals surface area contributed by atoms with Crippen LogP contribution < -0.4 is 14.9 Å². The number of para-hydroxylation sites is 1. The van der Waals surface area contributed by atoms with Crippen LogP contribution in [0.4, 0.5) is 5.69 Å². The van der Waals surface area contributed by atoms with Crippen LogP contribution in [0.25, 0.3) is 11.8 Å². The van der Waals surface area contributed by atoms with Crippen molar-refractivity contribution in [3.63, 3.8) is 0 Å². The number of allylic oxidation sites excluding steroid dienone is 1. The molecule has 1 N–H and O–H groups in total. The number of nitrogens with zero attached hydrogens (tertiary/aromatic N) is 3. The first kappa shape index (κ1) is 22.2. The van der Waals surface area contributed by atoms with E-state index >= 15 is 0 Å². The smallest absolute Gasteiger partial charge is 0.338 e. The maximum atomic E-state index is 13.2. The number of carbonyl (C=O) groups is 1. The molecule has 0 bridgehead atoms.